The van der Waals surface area contributed by atoms with Gasteiger partial charge in [-0.1, -0.05) is 48.9 Å². The number of phenols is 1. The van der Waals surface area contributed by atoms with E-state index in [2.05, 4.69) is 36.2 Å². The number of hydrogen-bond donors (Lipinski definition) is 2. The summed E-state index contributed by atoms with van der Waals surface area (Å²) in [5.41, 5.74) is 1.04. The lowest BCUT2D eigenvalue weighted by atomic mass is 9.55. The van der Waals surface area contributed by atoms with E-state index in [0.717, 1.165) is 57.1 Å². The van der Waals surface area contributed by atoms with Crippen LogP contribution in [0.2, 0.25) is 0 Å². The number of unbranched alkanes of at least 4 members (excludes halogenated alkanes) is 2. The van der Waals surface area contributed by atoms with Crippen LogP contribution in [-0.2, 0) is 16.6 Å². The first-order valence-electron chi connectivity index (χ1n) is 12.8. The summed E-state index contributed by atoms with van der Waals surface area (Å²) in [6.45, 7) is 1.51. The van der Waals surface area contributed by atoms with E-state index >= 15 is 0 Å². The topological polar surface area (TPSA) is 64.0 Å². The van der Waals surface area contributed by atoms with E-state index < -0.39 is 11.0 Å². The van der Waals surface area contributed by atoms with Gasteiger partial charge in [-0.15, -0.1) is 0 Å². The summed E-state index contributed by atoms with van der Waals surface area (Å²) in [6.07, 6.45) is 7.73. The summed E-state index contributed by atoms with van der Waals surface area (Å²) in [5, 5.41) is 22.0. The summed E-state index contributed by atoms with van der Waals surface area (Å²) in [7, 11) is 4.00. The van der Waals surface area contributed by atoms with Gasteiger partial charge in [0, 0.05) is 31.5 Å². The van der Waals surface area contributed by atoms with Crippen LogP contribution in [0.25, 0.3) is 0 Å². The van der Waals surface area contributed by atoms with E-state index in [-0.39, 0.29) is 17.7 Å². The zero-order valence-electron chi connectivity index (χ0n) is 20.7. The zero-order chi connectivity index (χ0) is 24.2. The molecule has 0 spiro atoms. The second-order valence-electron chi connectivity index (χ2n) is 10.6. The number of fused-ring (bicyclic) bond motifs is 1. The Labute approximate surface area is 204 Å². The normalized spacial score (nSPS) is 27.2. The quantitative estimate of drug-likeness (QED) is 0.564. The van der Waals surface area contributed by atoms with E-state index in [9.17, 15) is 15.0 Å². The van der Waals surface area contributed by atoms with Crippen molar-refractivity contribution in [1.82, 2.24) is 9.80 Å². The summed E-state index contributed by atoms with van der Waals surface area (Å²) in [4.78, 5) is 17.2. The standard InChI is InChI=1S/C29H40N2O3/c1-30-19-18-28(24-13-9-14-26(32)20-24)21-25(16-17-29(28,34)22-30)31(2)27(33)15-8-4-7-12-23-10-5-3-6-11-23/h3,5-6,9-11,13-14,20,25,32,34H,4,7-8,12,15-19,21-22H2,1-2H3/t25-,28-,29-/m0/s1. The van der Waals surface area contributed by atoms with Crippen LogP contribution in [0.4, 0.5) is 0 Å². The minimum atomic E-state index is -0.856. The molecule has 0 aromatic heterocycles. The van der Waals surface area contributed by atoms with Crippen molar-refractivity contribution in [2.24, 2.45) is 0 Å². The van der Waals surface area contributed by atoms with Gasteiger partial charge in [0.25, 0.3) is 0 Å². The number of aliphatic hydroxyl groups is 1. The molecule has 0 radical (unpaired) electrons. The highest BCUT2D eigenvalue weighted by Crippen LogP contribution is 2.52. The average Bonchev–Trinajstić information content (AvgIpc) is 2.83. The maximum absolute atomic E-state index is 13.1. The Morgan fingerprint density at radius 3 is 2.65 bits per heavy atom. The third kappa shape index (κ3) is 5.16. The van der Waals surface area contributed by atoms with E-state index in [0.29, 0.717) is 19.4 Å². The first-order valence-corrected chi connectivity index (χ1v) is 12.8. The SMILES string of the molecule is CN1CC[C@@]2(c3cccc(O)c3)C[C@@H](N(C)C(=O)CCCCCc3ccccc3)CC[C@]2(O)C1. The number of aryl methyl sites for hydroxylation is 1. The fraction of sp³-hybridized carbons (Fsp3) is 0.552. The molecule has 2 fully saturated rings. The fourth-order valence-corrected chi connectivity index (χ4v) is 6.28. The first kappa shape index (κ1) is 24.7. The molecule has 5 nitrogen and oxygen atoms in total. The van der Waals surface area contributed by atoms with Crippen molar-refractivity contribution < 1.29 is 15.0 Å². The van der Waals surface area contributed by atoms with Crippen molar-refractivity contribution in [3.63, 3.8) is 0 Å². The Hall–Kier alpha value is -2.37. The maximum atomic E-state index is 13.1. The van der Waals surface area contributed by atoms with Crippen molar-refractivity contribution >= 4 is 5.91 Å². The van der Waals surface area contributed by atoms with E-state index in [1.807, 2.05) is 36.2 Å². The van der Waals surface area contributed by atoms with Crippen molar-refractivity contribution in [2.75, 3.05) is 27.2 Å². The van der Waals surface area contributed by atoms with Gasteiger partial charge in [0.1, 0.15) is 5.75 Å². The molecule has 1 saturated carbocycles. The monoisotopic (exact) mass is 464 g/mol. The van der Waals surface area contributed by atoms with Crippen LogP contribution in [0.1, 0.15) is 62.5 Å². The van der Waals surface area contributed by atoms with E-state index in [4.69, 9.17) is 0 Å². The highest BCUT2D eigenvalue weighted by Gasteiger charge is 2.57. The number of likely N-dealkylation sites (N-methyl/N-ethyl adjacent to an activating group) is 1. The molecule has 34 heavy (non-hydrogen) atoms. The number of aromatic hydroxyl groups is 1. The molecule has 0 unspecified atom stereocenters. The van der Waals surface area contributed by atoms with Crippen molar-refractivity contribution in [2.45, 2.75) is 74.8 Å². The average molecular weight is 465 g/mol. The molecule has 2 aliphatic rings. The Balaban J connectivity index is 1.39. The molecular formula is C29H40N2O3. The minimum Gasteiger partial charge on any atom is -0.508 e. The molecule has 0 bridgehead atoms. The number of carbonyl (C=O) groups is 1. The van der Waals surface area contributed by atoms with Gasteiger partial charge in [-0.3, -0.25) is 4.79 Å². The number of β-amino-alcohol motifs (C(OH)–C–C–N with tert-alkyl or cyclic N) is 1. The molecule has 2 aromatic rings. The number of likely N-dealkylation sites (tertiary alicyclic amines) is 1. The number of benzene rings is 2. The number of nitrogens with zero attached hydrogens (tertiary/aromatic N) is 2. The van der Waals surface area contributed by atoms with Crippen LogP contribution in [0.5, 0.6) is 5.75 Å². The molecule has 1 aliphatic carbocycles. The molecule has 1 heterocycles. The Bertz CT molecular complexity index is 965. The predicted molar refractivity (Wildman–Crippen MR) is 136 cm³/mol. The van der Waals surface area contributed by atoms with Crippen LogP contribution in [0.3, 0.4) is 0 Å². The largest absolute Gasteiger partial charge is 0.508 e. The third-order valence-corrected chi connectivity index (χ3v) is 8.36. The molecule has 184 valence electrons. The minimum absolute atomic E-state index is 0.0999. The molecule has 1 aliphatic heterocycles. The number of carbonyl (C=O) groups excluding carboxylic acids is 1. The Morgan fingerprint density at radius 1 is 1.09 bits per heavy atom. The van der Waals surface area contributed by atoms with Gasteiger partial charge in [0.2, 0.25) is 5.91 Å². The zero-order valence-corrected chi connectivity index (χ0v) is 20.7. The highest BCUT2D eigenvalue weighted by atomic mass is 16.3. The van der Waals surface area contributed by atoms with Crippen LogP contribution in [0.15, 0.2) is 54.6 Å². The lowest BCUT2D eigenvalue weighted by Gasteiger charge is -2.58. The summed E-state index contributed by atoms with van der Waals surface area (Å²) >= 11 is 0. The molecule has 3 atom stereocenters. The number of amides is 1. The Morgan fingerprint density at radius 2 is 1.88 bits per heavy atom. The number of piperidine rings is 1. The van der Waals surface area contributed by atoms with Crippen molar-refractivity contribution in [3.05, 3.63) is 65.7 Å². The summed E-state index contributed by atoms with van der Waals surface area (Å²) in [5.74, 6) is 0.435. The second-order valence-corrected chi connectivity index (χ2v) is 10.6. The second kappa shape index (κ2) is 10.5. The fourth-order valence-electron chi connectivity index (χ4n) is 6.28. The lowest BCUT2D eigenvalue weighted by molar-refractivity contribution is -0.146. The molecular weight excluding hydrogens is 424 g/mol. The number of rotatable bonds is 8. The van der Waals surface area contributed by atoms with E-state index in [1.165, 1.54) is 5.56 Å². The van der Waals surface area contributed by atoms with Crippen LogP contribution < -0.4 is 0 Å². The van der Waals surface area contributed by atoms with Gasteiger partial charge in [0.15, 0.2) is 0 Å². The number of hydrogen-bond acceptors (Lipinski definition) is 4. The predicted octanol–water partition coefficient (Wildman–Crippen LogP) is 4.51. The van der Waals surface area contributed by atoms with Gasteiger partial charge in [-0.25, -0.2) is 0 Å². The van der Waals surface area contributed by atoms with E-state index in [1.54, 1.807) is 6.07 Å². The van der Waals surface area contributed by atoms with Crippen LogP contribution in [-0.4, -0.2) is 64.7 Å². The highest BCUT2D eigenvalue weighted by molar-refractivity contribution is 5.76. The van der Waals surface area contributed by atoms with Crippen molar-refractivity contribution in [1.29, 1.82) is 0 Å². The molecule has 5 heteroatoms. The first-order chi connectivity index (χ1) is 16.3. The lowest BCUT2D eigenvalue weighted by Crippen LogP contribution is -2.66. The third-order valence-electron chi connectivity index (χ3n) is 8.36. The smallest absolute Gasteiger partial charge is 0.222 e. The van der Waals surface area contributed by atoms with Gasteiger partial charge in [0.05, 0.1) is 5.60 Å². The van der Waals surface area contributed by atoms with Crippen molar-refractivity contribution in [3.8, 4) is 5.75 Å². The molecule has 1 amide bonds. The van der Waals surface area contributed by atoms with Crippen LogP contribution in [0, 0.1) is 0 Å². The number of phenolic OH excluding ortho intramolecular Hbond substituents is 1. The maximum Gasteiger partial charge on any atom is 0.222 e. The van der Waals surface area contributed by atoms with Gasteiger partial charge in [-0.2, -0.15) is 0 Å². The van der Waals surface area contributed by atoms with Crippen LogP contribution >= 0.6 is 0 Å². The van der Waals surface area contributed by atoms with Gasteiger partial charge < -0.3 is 20.0 Å². The molecule has 2 N–H and O–H groups in total. The summed E-state index contributed by atoms with van der Waals surface area (Å²) in [6, 6.07) is 18.0. The molecule has 1 saturated heterocycles. The summed E-state index contributed by atoms with van der Waals surface area (Å²) < 4.78 is 0. The van der Waals surface area contributed by atoms with Gasteiger partial charge in [-0.05, 0) is 81.8 Å². The Kier molecular flexibility index (Phi) is 7.63. The van der Waals surface area contributed by atoms with Gasteiger partial charge >= 0.3 is 0 Å². The molecule has 2 aromatic carbocycles. The molecule has 4 rings (SSSR count).